The topological polar surface area (TPSA) is 23.8 Å². The van der Waals surface area contributed by atoms with Crippen LogP contribution in [0.3, 0.4) is 0 Å². The first kappa shape index (κ1) is 7.67. The Morgan fingerprint density at radius 3 is 2.55 bits per heavy atom. The Morgan fingerprint density at radius 1 is 1.36 bits per heavy atom. The van der Waals surface area contributed by atoms with Crippen LogP contribution < -0.4 is 0 Å². The van der Waals surface area contributed by atoms with Gasteiger partial charge in [-0.25, -0.2) is 8.78 Å². The third kappa shape index (κ3) is 1.53. The molecule has 1 rings (SSSR count). The van der Waals surface area contributed by atoms with Gasteiger partial charge in [-0.3, -0.25) is 0 Å². The van der Waals surface area contributed by atoms with Crippen molar-refractivity contribution < 1.29 is 8.78 Å². The summed E-state index contributed by atoms with van der Waals surface area (Å²) in [5, 5.41) is 8.12. The minimum atomic E-state index is -1.86. The summed E-state index contributed by atoms with van der Waals surface area (Å²) in [5.41, 5.74) is -0.199. The summed E-state index contributed by atoms with van der Waals surface area (Å²) in [7, 11) is 0. The van der Waals surface area contributed by atoms with E-state index in [2.05, 4.69) is 0 Å². The lowest BCUT2D eigenvalue weighted by Crippen LogP contribution is -1.91. The van der Waals surface area contributed by atoms with Gasteiger partial charge < -0.3 is 0 Å². The largest absolute Gasteiger partial charge is 0.226 e. The molecule has 0 aromatic heterocycles. The van der Waals surface area contributed by atoms with Crippen molar-refractivity contribution in [2.45, 2.75) is 6.17 Å². The number of nitriles is 1. The number of rotatable bonds is 1. The van der Waals surface area contributed by atoms with E-state index in [-0.39, 0.29) is 5.56 Å². The standard InChI is InChI=1S/C8H5F2N/c9-7-4-2-1-3-6(7)8(10)5-11/h1-4,8H. The van der Waals surface area contributed by atoms with Crippen LogP contribution in [-0.4, -0.2) is 0 Å². The van der Waals surface area contributed by atoms with Crippen molar-refractivity contribution in [1.29, 1.82) is 5.26 Å². The Balaban J connectivity index is 3.05. The Bertz CT molecular complexity index is 290. The van der Waals surface area contributed by atoms with Crippen LogP contribution in [0.4, 0.5) is 8.78 Å². The minimum absolute atomic E-state index is 0.199. The maximum Gasteiger partial charge on any atom is 0.214 e. The monoisotopic (exact) mass is 153 g/mol. The molecule has 0 aliphatic carbocycles. The average Bonchev–Trinajstić information content (AvgIpc) is 2.04. The zero-order chi connectivity index (χ0) is 8.27. The quantitative estimate of drug-likeness (QED) is 0.607. The highest BCUT2D eigenvalue weighted by atomic mass is 19.1. The first-order chi connectivity index (χ1) is 5.25. The Labute approximate surface area is 62.9 Å². The van der Waals surface area contributed by atoms with Crippen LogP contribution in [0.25, 0.3) is 0 Å². The molecule has 1 aromatic rings. The van der Waals surface area contributed by atoms with E-state index in [0.717, 1.165) is 6.07 Å². The van der Waals surface area contributed by atoms with Crippen LogP contribution in [-0.2, 0) is 0 Å². The van der Waals surface area contributed by atoms with Crippen LogP contribution >= 0.6 is 0 Å². The fourth-order valence-electron chi connectivity index (χ4n) is 0.750. The fraction of sp³-hybridized carbons (Fsp3) is 0.125. The molecule has 0 spiro atoms. The van der Waals surface area contributed by atoms with Crippen molar-refractivity contribution >= 4 is 0 Å². The second-order valence-electron chi connectivity index (χ2n) is 2.01. The number of hydrogen-bond donors (Lipinski definition) is 0. The zero-order valence-corrected chi connectivity index (χ0v) is 5.59. The molecule has 3 heteroatoms. The third-order valence-electron chi connectivity index (χ3n) is 1.29. The highest BCUT2D eigenvalue weighted by Gasteiger charge is 2.11. The molecule has 1 aromatic carbocycles. The first-order valence-electron chi connectivity index (χ1n) is 3.04. The average molecular weight is 153 g/mol. The van der Waals surface area contributed by atoms with Crippen molar-refractivity contribution in [2.24, 2.45) is 0 Å². The Morgan fingerprint density at radius 2 is 2.00 bits per heavy atom. The fourth-order valence-corrected chi connectivity index (χ4v) is 0.750. The molecule has 0 N–H and O–H groups in total. The van der Waals surface area contributed by atoms with Gasteiger partial charge in [-0.15, -0.1) is 0 Å². The van der Waals surface area contributed by atoms with Crippen LogP contribution in [0.15, 0.2) is 24.3 Å². The molecule has 0 saturated heterocycles. The highest BCUT2D eigenvalue weighted by molar-refractivity contribution is 5.23. The summed E-state index contributed by atoms with van der Waals surface area (Å²) < 4.78 is 25.2. The van der Waals surface area contributed by atoms with Gasteiger partial charge in [0.15, 0.2) is 0 Å². The number of alkyl halides is 1. The van der Waals surface area contributed by atoms with Gasteiger partial charge >= 0.3 is 0 Å². The Kier molecular flexibility index (Phi) is 2.17. The maximum absolute atomic E-state index is 12.6. The normalized spacial score (nSPS) is 12.1. The number of benzene rings is 1. The van der Waals surface area contributed by atoms with Crippen LogP contribution in [0.5, 0.6) is 0 Å². The molecule has 0 heterocycles. The Hall–Kier alpha value is -1.43. The summed E-state index contributed by atoms with van der Waals surface area (Å²) in [5.74, 6) is -0.679. The third-order valence-corrected chi connectivity index (χ3v) is 1.29. The SMILES string of the molecule is N#CC(F)c1ccccc1F. The van der Waals surface area contributed by atoms with E-state index in [1.807, 2.05) is 0 Å². The molecule has 56 valence electrons. The molecular formula is C8H5F2N. The second kappa shape index (κ2) is 3.11. The number of halogens is 2. The van der Waals surface area contributed by atoms with E-state index in [4.69, 9.17) is 5.26 Å². The molecule has 0 saturated carbocycles. The minimum Gasteiger partial charge on any atom is -0.226 e. The van der Waals surface area contributed by atoms with Crippen LogP contribution in [0, 0.1) is 17.1 Å². The van der Waals surface area contributed by atoms with Crippen molar-refractivity contribution in [2.75, 3.05) is 0 Å². The van der Waals surface area contributed by atoms with Gasteiger partial charge in [0, 0.05) is 5.56 Å². The summed E-state index contributed by atoms with van der Waals surface area (Å²) in [6, 6.07) is 6.63. The molecule has 0 fully saturated rings. The van der Waals surface area contributed by atoms with E-state index in [1.165, 1.54) is 24.3 Å². The maximum atomic E-state index is 12.6. The molecule has 0 amide bonds. The van der Waals surface area contributed by atoms with Gasteiger partial charge in [0.2, 0.25) is 6.17 Å². The van der Waals surface area contributed by atoms with Gasteiger partial charge in [0.05, 0.1) is 0 Å². The lowest BCUT2D eigenvalue weighted by molar-refractivity contribution is 0.408. The lowest BCUT2D eigenvalue weighted by atomic mass is 10.1. The lowest BCUT2D eigenvalue weighted by Gasteiger charge is -1.99. The van der Waals surface area contributed by atoms with Crippen LogP contribution in [0.2, 0.25) is 0 Å². The van der Waals surface area contributed by atoms with Crippen molar-refractivity contribution in [1.82, 2.24) is 0 Å². The van der Waals surface area contributed by atoms with Gasteiger partial charge in [-0.05, 0) is 6.07 Å². The van der Waals surface area contributed by atoms with Crippen molar-refractivity contribution in [3.8, 4) is 6.07 Å². The van der Waals surface area contributed by atoms with Gasteiger partial charge in [-0.1, -0.05) is 18.2 Å². The van der Waals surface area contributed by atoms with Crippen LogP contribution in [0.1, 0.15) is 11.7 Å². The van der Waals surface area contributed by atoms with Crippen molar-refractivity contribution in [3.63, 3.8) is 0 Å². The van der Waals surface area contributed by atoms with E-state index in [9.17, 15) is 8.78 Å². The van der Waals surface area contributed by atoms with Crippen molar-refractivity contribution in [3.05, 3.63) is 35.6 Å². The summed E-state index contributed by atoms with van der Waals surface area (Å²) >= 11 is 0. The highest BCUT2D eigenvalue weighted by Crippen LogP contribution is 2.18. The summed E-state index contributed by atoms with van der Waals surface area (Å²) in [6.07, 6.45) is -1.86. The number of nitrogens with zero attached hydrogens (tertiary/aromatic N) is 1. The first-order valence-corrected chi connectivity index (χ1v) is 3.04. The van der Waals surface area contributed by atoms with Gasteiger partial charge in [0.1, 0.15) is 11.9 Å². The molecular weight excluding hydrogens is 148 g/mol. The molecule has 1 unspecified atom stereocenters. The molecule has 0 aliphatic heterocycles. The zero-order valence-electron chi connectivity index (χ0n) is 5.59. The smallest absolute Gasteiger partial charge is 0.214 e. The molecule has 0 aliphatic rings. The molecule has 0 bridgehead atoms. The second-order valence-corrected chi connectivity index (χ2v) is 2.01. The molecule has 11 heavy (non-hydrogen) atoms. The molecule has 1 nitrogen and oxygen atoms in total. The van der Waals surface area contributed by atoms with Gasteiger partial charge in [-0.2, -0.15) is 5.26 Å². The number of hydrogen-bond acceptors (Lipinski definition) is 1. The van der Waals surface area contributed by atoms with E-state index in [1.54, 1.807) is 0 Å². The summed E-state index contributed by atoms with van der Waals surface area (Å²) in [4.78, 5) is 0. The van der Waals surface area contributed by atoms with E-state index < -0.39 is 12.0 Å². The summed E-state index contributed by atoms with van der Waals surface area (Å²) in [6.45, 7) is 0. The molecule has 1 atom stereocenters. The van der Waals surface area contributed by atoms with E-state index in [0.29, 0.717) is 0 Å². The molecule has 0 radical (unpaired) electrons. The van der Waals surface area contributed by atoms with Gasteiger partial charge in [0.25, 0.3) is 0 Å². The predicted octanol–water partition coefficient (Wildman–Crippen LogP) is 2.36. The predicted molar refractivity (Wildman–Crippen MR) is 35.9 cm³/mol. The van der Waals surface area contributed by atoms with E-state index >= 15 is 0 Å².